The molecule has 146 valence electrons. The van der Waals surface area contributed by atoms with Crippen LogP contribution < -0.4 is 9.47 Å². The molecular formula is C21H26O6. The average molecular weight is 374 g/mol. The van der Waals surface area contributed by atoms with Gasteiger partial charge in [-0.3, -0.25) is 0 Å². The summed E-state index contributed by atoms with van der Waals surface area (Å²) in [5, 5.41) is 20.7. The number of hydrogen-bond acceptors (Lipinski definition) is 6. The zero-order chi connectivity index (χ0) is 19.2. The molecule has 6 nitrogen and oxygen atoms in total. The molecule has 1 aliphatic rings. The molecule has 1 heterocycles. The van der Waals surface area contributed by atoms with Crippen molar-refractivity contribution in [2.24, 2.45) is 5.92 Å². The zero-order valence-electron chi connectivity index (χ0n) is 15.6. The number of methoxy groups -OCH3 is 2. The highest BCUT2D eigenvalue weighted by Gasteiger charge is 2.42. The molecular weight excluding hydrogens is 348 g/mol. The predicted octanol–water partition coefficient (Wildman–Crippen LogP) is 2.16. The van der Waals surface area contributed by atoms with Crippen molar-refractivity contribution in [1.82, 2.24) is 0 Å². The van der Waals surface area contributed by atoms with Gasteiger partial charge in [-0.1, -0.05) is 36.4 Å². The van der Waals surface area contributed by atoms with Gasteiger partial charge in [0.05, 0.1) is 33.5 Å². The Morgan fingerprint density at radius 2 is 1.67 bits per heavy atom. The van der Waals surface area contributed by atoms with Crippen LogP contribution in [0.1, 0.15) is 11.1 Å². The summed E-state index contributed by atoms with van der Waals surface area (Å²) >= 11 is 0. The molecule has 1 saturated heterocycles. The lowest BCUT2D eigenvalue weighted by Gasteiger charge is -2.18. The van der Waals surface area contributed by atoms with Gasteiger partial charge in [-0.2, -0.15) is 0 Å². The molecule has 6 heteroatoms. The summed E-state index contributed by atoms with van der Waals surface area (Å²) in [4.78, 5) is 0. The molecule has 0 aliphatic carbocycles. The monoisotopic (exact) mass is 374 g/mol. The Balaban J connectivity index is 1.53. The van der Waals surface area contributed by atoms with E-state index >= 15 is 0 Å². The standard InChI is InChI=1S/C21H26O6/c1-24-17-9-8-15(11-18(17)25-2)12-26-13-19-20(22)16(21(23)27-19)10-14-6-4-3-5-7-14/h3-9,11,16,19-23H,10,12-13H2,1-2H3/t16?,19-,20+,21?/m0/s1. The fraction of sp³-hybridized carbons (Fsp3) is 0.429. The summed E-state index contributed by atoms with van der Waals surface area (Å²) < 4.78 is 21.7. The Morgan fingerprint density at radius 1 is 0.926 bits per heavy atom. The minimum Gasteiger partial charge on any atom is -0.493 e. The van der Waals surface area contributed by atoms with Gasteiger partial charge in [0.1, 0.15) is 6.10 Å². The minimum absolute atomic E-state index is 0.192. The van der Waals surface area contributed by atoms with Crippen molar-refractivity contribution < 1.29 is 29.2 Å². The Morgan fingerprint density at radius 3 is 2.37 bits per heavy atom. The Bertz CT molecular complexity index is 720. The van der Waals surface area contributed by atoms with Crippen molar-refractivity contribution in [3.8, 4) is 11.5 Å². The van der Waals surface area contributed by atoms with Crippen molar-refractivity contribution in [2.75, 3.05) is 20.8 Å². The van der Waals surface area contributed by atoms with Gasteiger partial charge in [-0.05, 0) is 29.7 Å². The van der Waals surface area contributed by atoms with Gasteiger partial charge in [0.2, 0.25) is 0 Å². The largest absolute Gasteiger partial charge is 0.493 e. The van der Waals surface area contributed by atoms with Crippen LogP contribution in [0, 0.1) is 5.92 Å². The normalized spacial score (nSPS) is 24.7. The van der Waals surface area contributed by atoms with E-state index in [4.69, 9.17) is 18.9 Å². The summed E-state index contributed by atoms with van der Waals surface area (Å²) in [5.41, 5.74) is 1.97. The second-order valence-electron chi connectivity index (χ2n) is 6.61. The van der Waals surface area contributed by atoms with Gasteiger partial charge in [-0.15, -0.1) is 0 Å². The first-order chi connectivity index (χ1) is 13.1. The van der Waals surface area contributed by atoms with E-state index in [-0.39, 0.29) is 12.5 Å². The molecule has 2 aromatic rings. The van der Waals surface area contributed by atoms with E-state index in [0.29, 0.717) is 24.5 Å². The summed E-state index contributed by atoms with van der Waals surface area (Å²) in [6.45, 7) is 0.532. The lowest BCUT2D eigenvalue weighted by Crippen LogP contribution is -2.31. The topological polar surface area (TPSA) is 77.4 Å². The van der Waals surface area contributed by atoms with Crippen LogP contribution in [-0.2, 0) is 22.5 Å². The molecule has 0 aromatic heterocycles. The molecule has 4 atom stereocenters. The Hall–Kier alpha value is -2.12. The SMILES string of the molecule is COc1ccc(COC[C@@H]2OC(O)C(Cc3ccccc3)[C@H]2O)cc1OC. The second-order valence-corrected chi connectivity index (χ2v) is 6.61. The second kappa shape index (κ2) is 9.19. The van der Waals surface area contributed by atoms with Gasteiger partial charge in [0, 0.05) is 5.92 Å². The first-order valence-corrected chi connectivity index (χ1v) is 8.96. The summed E-state index contributed by atoms with van der Waals surface area (Å²) in [6.07, 6.45) is -1.80. The molecule has 0 amide bonds. The molecule has 0 radical (unpaired) electrons. The van der Waals surface area contributed by atoms with Gasteiger partial charge >= 0.3 is 0 Å². The van der Waals surface area contributed by atoms with Crippen LogP contribution >= 0.6 is 0 Å². The number of benzene rings is 2. The lowest BCUT2D eigenvalue weighted by molar-refractivity contribution is -0.125. The Labute approximate surface area is 159 Å². The highest BCUT2D eigenvalue weighted by atomic mass is 16.6. The van der Waals surface area contributed by atoms with E-state index in [9.17, 15) is 10.2 Å². The zero-order valence-corrected chi connectivity index (χ0v) is 15.6. The molecule has 0 bridgehead atoms. The van der Waals surface area contributed by atoms with E-state index in [0.717, 1.165) is 11.1 Å². The van der Waals surface area contributed by atoms with Crippen LogP contribution in [0.15, 0.2) is 48.5 Å². The van der Waals surface area contributed by atoms with Crippen LogP contribution in [0.2, 0.25) is 0 Å². The van der Waals surface area contributed by atoms with E-state index in [1.807, 2.05) is 48.5 Å². The first kappa shape index (κ1) is 19.6. The maximum atomic E-state index is 10.5. The van der Waals surface area contributed by atoms with E-state index in [1.165, 1.54) is 0 Å². The van der Waals surface area contributed by atoms with Crippen molar-refractivity contribution in [1.29, 1.82) is 0 Å². The number of hydrogen-bond donors (Lipinski definition) is 2. The minimum atomic E-state index is -1.00. The van der Waals surface area contributed by atoms with Gasteiger partial charge in [0.15, 0.2) is 17.8 Å². The average Bonchev–Trinajstić information content (AvgIpc) is 2.96. The third kappa shape index (κ3) is 4.78. The van der Waals surface area contributed by atoms with Crippen LogP contribution in [0.4, 0.5) is 0 Å². The first-order valence-electron chi connectivity index (χ1n) is 8.96. The maximum absolute atomic E-state index is 10.5. The van der Waals surface area contributed by atoms with Crippen molar-refractivity contribution in [3.63, 3.8) is 0 Å². The highest BCUT2D eigenvalue weighted by molar-refractivity contribution is 5.42. The molecule has 1 fully saturated rings. The van der Waals surface area contributed by atoms with Gasteiger partial charge < -0.3 is 29.2 Å². The third-order valence-corrected chi connectivity index (χ3v) is 4.81. The molecule has 0 spiro atoms. The van der Waals surface area contributed by atoms with Crippen LogP contribution in [0.5, 0.6) is 11.5 Å². The number of aliphatic hydroxyl groups excluding tert-OH is 2. The van der Waals surface area contributed by atoms with Gasteiger partial charge in [0.25, 0.3) is 0 Å². The number of ether oxygens (including phenoxy) is 4. The molecule has 0 saturated carbocycles. The number of aliphatic hydroxyl groups is 2. The smallest absolute Gasteiger partial charge is 0.161 e. The highest BCUT2D eigenvalue weighted by Crippen LogP contribution is 2.30. The van der Waals surface area contributed by atoms with Crippen molar-refractivity contribution in [3.05, 3.63) is 59.7 Å². The van der Waals surface area contributed by atoms with Crippen LogP contribution in [0.25, 0.3) is 0 Å². The van der Waals surface area contributed by atoms with E-state index in [2.05, 4.69) is 0 Å². The molecule has 3 rings (SSSR count). The maximum Gasteiger partial charge on any atom is 0.161 e. The molecule has 2 N–H and O–H groups in total. The molecule has 2 aromatic carbocycles. The van der Waals surface area contributed by atoms with Crippen LogP contribution in [-0.4, -0.2) is 49.5 Å². The quantitative estimate of drug-likeness (QED) is 0.737. The van der Waals surface area contributed by atoms with E-state index < -0.39 is 18.5 Å². The van der Waals surface area contributed by atoms with E-state index in [1.54, 1.807) is 14.2 Å². The van der Waals surface area contributed by atoms with Crippen LogP contribution in [0.3, 0.4) is 0 Å². The fourth-order valence-electron chi connectivity index (χ4n) is 3.31. The predicted molar refractivity (Wildman–Crippen MR) is 99.7 cm³/mol. The van der Waals surface area contributed by atoms with Crippen molar-refractivity contribution in [2.45, 2.75) is 31.5 Å². The molecule has 2 unspecified atom stereocenters. The summed E-state index contributed by atoms with van der Waals surface area (Å²) in [5.74, 6) is 0.916. The number of rotatable bonds is 8. The summed E-state index contributed by atoms with van der Waals surface area (Å²) in [7, 11) is 3.17. The fourth-order valence-corrected chi connectivity index (χ4v) is 3.31. The van der Waals surface area contributed by atoms with Gasteiger partial charge in [-0.25, -0.2) is 0 Å². The third-order valence-electron chi connectivity index (χ3n) is 4.81. The molecule has 1 aliphatic heterocycles. The van der Waals surface area contributed by atoms with Crippen molar-refractivity contribution >= 4 is 0 Å². The Kier molecular flexibility index (Phi) is 6.68. The lowest BCUT2D eigenvalue weighted by atomic mass is 9.93. The summed E-state index contributed by atoms with van der Waals surface area (Å²) in [6, 6.07) is 15.3. The molecule has 27 heavy (non-hydrogen) atoms.